The maximum absolute atomic E-state index is 13.4. The SMILES string of the molecule is Cc1cccc(-c2nc(C(=O)Nc3ccc(C)c(C)c3)nn2-c2ccc(F)cc2)c1. The van der Waals surface area contributed by atoms with E-state index in [1.54, 1.807) is 16.8 Å². The van der Waals surface area contributed by atoms with Gasteiger partial charge in [-0.15, -0.1) is 5.10 Å². The van der Waals surface area contributed by atoms with E-state index in [0.29, 0.717) is 17.2 Å². The molecule has 5 nitrogen and oxygen atoms in total. The molecular formula is C24H21FN4O. The monoisotopic (exact) mass is 400 g/mol. The first-order chi connectivity index (χ1) is 14.4. The zero-order valence-electron chi connectivity index (χ0n) is 17.0. The Morgan fingerprint density at radius 3 is 2.40 bits per heavy atom. The minimum absolute atomic E-state index is 0.0362. The van der Waals surface area contributed by atoms with Gasteiger partial charge < -0.3 is 5.32 Å². The van der Waals surface area contributed by atoms with E-state index in [1.165, 1.54) is 12.1 Å². The number of carbonyl (C=O) groups is 1. The summed E-state index contributed by atoms with van der Waals surface area (Å²) in [6, 6.07) is 19.4. The summed E-state index contributed by atoms with van der Waals surface area (Å²) in [5.41, 5.74) is 5.40. The Morgan fingerprint density at radius 2 is 1.70 bits per heavy atom. The van der Waals surface area contributed by atoms with Crippen molar-refractivity contribution in [1.29, 1.82) is 0 Å². The Bertz CT molecular complexity index is 1230. The molecule has 0 saturated carbocycles. The predicted octanol–water partition coefficient (Wildman–Crippen LogP) is 5.25. The zero-order valence-corrected chi connectivity index (χ0v) is 17.0. The van der Waals surface area contributed by atoms with Crippen molar-refractivity contribution in [2.45, 2.75) is 20.8 Å². The maximum Gasteiger partial charge on any atom is 0.295 e. The third-order valence-electron chi connectivity index (χ3n) is 4.92. The number of hydrogen-bond donors (Lipinski definition) is 1. The van der Waals surface area contributed by atoms with Crippen LogP contribution in [-0.4, -0.2) is 20.7 Å². The summed E-state index contributed by atoms with van der Waals surface area (Å²) in [5, 5.41) is 7.28. The van der Waals surface area contributed by atoms with E-state index in [0.717, 1.165) is 22.3 Å². The van der Waals surface area contributed by atoms with Crippen LogP contribution >= 0.6 is 0 Å². The molecule has 0 spiro atoms. The maximum atomic E-state index is 13.4. The molecule has 3 aromatic carbocycles. The van der Waals surface area contributed by atoms with Gasteiger partial charge >= 0.3 is 0 Å². The summed E-state index contributed by atoms with van der Waals surface area (Å²) in [6.07, 6.45) is 0. The van der Waals surface area contributed by atoms with Crippen molar-refractivity contribution in [3.8, 4) is 17.1 Å². The summed E-state index contributed by atoms with van der Waals surface area (Å²) < 4.78 is 15.0. The van der Waals surface area contributed by atoms with Crippen molar-refractivity contribution in [3.05, 3.63) is 95.1 Å². The van der Waals surface area contributed by atoms with Gasteiger partial charge in [-0.05, 0) is 74.4 Å². The number of nitrogens with zero attached hydrogens (tertiary/aromatic N) is 3. The lowest BCUT2D eigenvalue weighted by Crippen LogP contribution is -2.14. The molecule has 1 aromatic heterocycles. The van der Waals surface area contributed by atoms with Gasteiger partial charge in [0, 0.05) is 11.3 Å². The van der Waals surface area contributed by atoms with Crippen LogP contribution in [0.2, 0.25) is 0 Å². The van der Waals surface area contributed by atoms with Gasteiger partial charge in [-0.2, -0.15) is 0 Å². The lowest BCUT2D eigenvalue weighted by atomic mass is 10.1. The number of benzene rings is 3. The van der Waals surface area contributed by atoms with E-state index >= 15 is 0 Å². The van der Waals surface area contributed by atoms with Crippen LogP contribution in [0.3, 0.4) is 0 Å². The Balaban J connectivity index is 1.75. The fourth-order valence-electron chi connectivity index (χ4n) is 3.15. The minimum Gasteiger partial charge on any atom is -0.319 e. The average molecular weight is 400 g/mol. The topological polar surface area (TPSA) is 59.8 Å². The molecule has 0 atom stereocenters. The fourth-order valence-corrected chi connectivity index (χ4v) is 3.15. The second-order valence-corrected chi connectivity index (χ2v) is 7.27. The van der Waals surface area contributed by atoms with Crippen molar-refractivity contribution in [2.24, 2.45) is 0 Å². The summed E-state index contributed by atoms with van der Waals surface area (Å²) in [6.45, 7) is 5.98. The van der Waals surface area contributed by atoms with E-state index in [9.17, 15) is 9.18 Å². The molecule has 0 aliphatic rings. The molecule has 1 heterocycles. The van der Waals surface area contributed by atoms with Gasteiger partial charge in [0.2, 0.25) is 5.82 Å². The third-order valence-corrected chi connectivity index (χ3v) is 4.92. The van der Waals surface area contributed by atoms with E-state index in [2.05, 4.69) is 15.4 Å². The second-order valence-electron chi connectivity index (χ2n) is 7.27. The second kappa shape index (κ2) is 7.91. The highest BCUT2D eigenvalue weighted by Gasteiger charge is 2.19. The lowest BCUT2D eigenvalue weighted by Gasteiger charge is -2.06. The van der Waals surface area contributed by atoms with Crippen molar-refractivity contribution in [2.75, 3.05) is 5.32 Å². The number of halogens is 1. The van der Waals surface area contributed by atoms with Crippen molar-refractivity contribution < 1.29 is 9.18 Å². The highest BCUT2D eigenvalue weighted by atomic mass is 19.1. The minimum atomic E-state index is -0.409. The van der Waals surface area contributed by atoms with Crippen LogP contribution in [0, 0.1) is 26.6 Å². The molecule has 0 aliphatic carbocycles. The molecule has 30 heavy (non-hydrogen) atoms. The highest BCUT2D eigenvalue weighted by molar-refractivity contribution is 6.01. The van der Waals surface area contributed by atoms with E-state index < -0.39 is 5.91 Å². The molecular weight excluding hydrogens is 379 g/mol. The normalized spacial score (nSPS) is 10.8. The first-order valence-electron chi connectivity index (χ1n) is 9.59. The summed E-state index contributed by atoms with van der Waals surface area (Å²) in [5.74, 6) is -0.207. The smallest absolute Gasteiger partial charge is 0.295 e. The molecule has 4 rings (SSSR count). The molecule has 0 aliphatic heterocycles. The number of aryl methyl sites for hydroxylation is 3. The van der Waals surface area contributed by atoms with Crippen molar-refractivity contribution in [3.63, 3.8) is 0 Å². The van der Waals surface area contributed by atoms with Crippen LogP contribution < -0.4 is 5.32 Å². The van der Waals surface area contributed by atoms with Crippen molar-refractivity contribution >= 4 is 11.6 Å². The van der Waals surface area contributed by atoms with Gasteiger partial charge in [-0.3, -0.25) is 4.79 Å². The van der Waals surface area contributed by atoms with Crippen LogP contribution in [0.1, 0.15) is 27.3 Å². The molecule has 0 fully saturated rings. The number of amides is 1. The molecule has 0 saturated heterocycles. The van der Waals surface area contributed by atoms with Crippen LogP contribution in [0.15, 0.2) is 66.7 Å². The summed E-state index contributed by atoms with van der Waals surface area (Å²) >= 11 is 0. The van der Waals surface area contributed by atoms with Crippen LogP contribution in [-0.2, 0) is 0 Å². The molecule has 0 bridgehead atoms. The number of nitrogens with one attached hydrogen (secondary N) is 1. The van der Waals surface area contributed by atoms with Gasteiger partial charge in [0.25, 0.3) is 5.91 Å². The first-order valence-corrected chi connectivity index (χ1v) is 9.59. The van der Waals surface area contributed by atoms with Crippen LogP contribution in [0.25, 0.3) is 17.1 Å². The van der Waals surface area contributed by atoms with E-state index in [4.69, 9.17) is 0 Å². The number of hydrogen-bond acceptors (Lipinski definition) is 3. The molecule has 6 heteroatoms. The summed E-state index contributed by atoms with van der Waals surface area (Å²) in [4.78, 5) is 17.4. The molecule has 0 unspecified atom stereocenters. The standard InChI is InChI=1S/C24H21FN4O/c1-15-5-4-6-18(13-15)23-27-22(28-29(23)21-11-8-19(25)9-12-21)24(30)26-20-10-7-16(2)17(3)14-20/h4-14H,1-3H3,(H,26,30). The van der Waals surface area contributed by atoms with Crippen LogP contribution in [0.4, 0.5) is 10.1 Å². The van der Waals surface area contributed by atoms with Gasteiger partial charge in [0.1, 0.15) is 5.82 Å². The van der Waals surface area contributed by atoms with E-state index in [1.807, 2.05) is 63.2 Å². The van der Waals surface area contributed by atoms with Gasteiger partial charge in [-0.1, -0.05) is 29.8 Å². The molecule has 1 N–H and O–H groups in total. The number of rotatable bonds is 4. The molecule has 0 radical (unpaired) electrons. The Morgan fingerprint density at radius 1 is 0.933 bits per heavy atom. The Hall–Kier alpha value is -3.80. The number of anilines is 1. The van der Waals surface area contributed by atoms with Gasteiger partial charge in [0.15, 0.2) is 5.82 Å². The van der Waals surface area contributed by atoms with E-state index in [-0.39, 0.29) is 11.6 Å². The average Bonchev–Trinajstić information content (AvgIpc) is 3.17. The van der Waals surface area contributed by atoms with Crippen molar-refractivity contribution in [1.82, 2.24) is 14.8 Å². The molecule has 150 valence electrons. The zero-order chi connectivity index (χ0) is 21.3. The summed E-state index contributed by atoms with van der Waals surface area (Å²) in [7, 11) is 0. The highest BCUT2D eigenvalue weighted by Crippen LogP contribution is 2.23. The van der Waals surface area contributed by atoms with Gasteiger partial charge in [-0.25, -0.2) is 14.1 Å². The first kappa shape index (κ1) is 19.5. The Labute approximate surface area is 174 Å². The number of aromatic nitrogens is 3. The quantitative estimate of drug-likeness (QED) is 0.509. The fraction of sp³-hybridized carbons (Fsp3) is 0.125. The predicted molar refractivity (Wildman–Crippen MR) is 115 cm³/mol. The van der Waals surface area contributed by atoms with Gasteiger partial charge in [0.05, 0.1) is 5.69 Å². The lowest BCUT2D eigenvalue weighted by molar-refractivity contribution is 0.101. The van der Waals surface area contributed by atoms with Crippen LogP contribution in [0.5, 0.6) is 0 Å². The largest absolute Gasteiger partial charge is 0.319 e. The molecule has 4 aromatic rings. The molecule has 1 amide bonds. The third kappa shape index (κ3) is 3.98. The Kier molecular flexibility index (Phi) is 5.14. The number of carbonyl (C=O) groups excluding carboxylic acids is 1.